The molecule has 4 aromatic carbocycles. The molecule has 0 saturated heterocycles. The second kappa shape index (κ2) is 11.0. The molecule has 4 rings (SSSR count). The van der Waals surface area contributed by atoms with E-state index in [-0.39, 0.29) is 17.5 Å². The van der Waals surface area contributed by atoms with Crippen molar-refractivity contribution < 1.29 is 14.3 Å². The average molecular weight is 451 g/mol. The number of amides is 2. The van der Waals surface area contributed by atoms with Crippen LogP contribution >= 0.6 is 0 Å². The van der Waals surface area contributed by atoms with Crippen LogP contribution in [0.1, 0.15) is 28.4 Å². The van der Waals surface area contributed by atoms with Gasteiger partial charge in [0.2, 0.25) is 0 Å². The zero-order chi connectivity index (χ0) is 23.8. The first-order chi connectivity index (χ1) is 16.7. The van der Waals surface area contributed by atoms with Crippen LogP contribution in [0.5, 0.6) is 5.75 Å². The number of carbonyl (C=O) groups excluding carboxylic acids is 2. The van der Waals surface area contributed by atoms with Gasteiger partial charge >= 0.3 is 0 Å². The predicted molar refractivity (Wildman–Crippen MR) is 135 cm³/mol. The van der Waals surface area contributed by atoms with E-state index in [1.807, 2.05) is 79.7 Å². The smallest absolute Gasteiger partial charge is 0.268 e. The highest BCUT2D eigenvalue weighted by atomic mass is 16.5. The fourth-order valence-electron chi connectivity index (χ4n) is 3.67. The Hall–Kier alpha value is -4.38. The molecule has 0 spiro atoms. The zero-order valence-corrected chi connectivity index (χ0v) is 19.0. The summed E-state index contributed by atoms with van der Waals surface area (Å²) in [5.74, 6) is 0.0571. The van der Waals surface area contributed by atoms with E-state index in [1.54, 1.807) is 30.3 Å². The van der Waals surface area contributed by atoms with Crippen LogP contribution in [-0.2, 0) is 11.3 Å². The number of fused-ring (bicyclic) bond motifs is 1. The fraction of sp³-hybridized carbons (Fsp3) is 0.103. The van der Waals surface area contributed by atoms with Gasteiger partial charge in [-0.1, -0.05) is 78.9 Å². The SMILES string of the molecule is CCOc1ccc(/C=C(\NC(=O)c2ccccc2)C(=O)NCc2ccccc2)c2ccccc12. The van der Waals surface area contributed by atoms with Crippen LogP contribution in [0.25, 0.3) is 16.8 Å². The molecule has 0 bridgehead atoms. The molecule has 0 unspecified atom stereocenters. The number of hydrogen-bond acceptors (Lipinski definition) is 3. The number of benzene rings is 4. The lowest BCUT2D eigenvalue weighted by Gasteiger charge is -2.13. The highest BCUT2D eigenvalue weighted by Gasteiger charge is 2.16. The number of carbonyl (C=O) groups is 2. The Morgan fingerprint density at radius 1 is 0.794 bits per heavy atom. The fourth-order valence-corrected chi connectivity index (χ4v) is 3.67. The van der Waals surface area contributed by atoms with Crippen LogP contribution in [0.15, 0.2) is 103 Å². The quantitative estimate of drug-likeness (QED) is 0.357. The van der Waals surface area contributed by atoms with Crippen molar-refractivity contribution in [1.29, 1.82) is 0 Å². The van der Waals surface area contributed by atoms with Gasteiger partial charge in [-0.15, -0.1) is 0 Å². The van der Waals surface area contributed by atoms with Crippen molar-refractivity contribution in [2.45, 2.75) is 13.5 Å². The van der Waals surface area contributed by atoms with Crippen molar-refractivity contribution in [2.24, 2.45) is 0 Å². The van der Waals surface area contributed by atoms with Crippen LogP contribution in [-0.4, -0.2) is 18.4 Å². The molecular formula is C29H26N2O3. The van der Waals surface area contributed by atoms with Gasteiger partial charge in [0.05, 0.1) is 6.61 Å². The van der Waals surface area contributed by atoms with E-state index in [1.165, 1.54) is 0 Å². The Morgan fingerprint density at radius 3 is 2.15 bits per heavy atom. The van der Waals surface area contributed by atoms with Gasteiger partial charge in [0, 0.05) is 17.5 Å². The van der Waals surface area contributed by atoms with Crippen molar-refractivity contribution in [1.82, 2.24) is 10.6 Å². The molecule has 0 aliphatic heterocycles. The first-order valence-electron chi connectivity index (χ1n) is 11.2. The largest absolute Gasteiger partial charge is 0.493 e. The lowest BCUT2D eigenvalue weighted by atomic mass is 10.0. The lowest BCUT2D eigenvalue weighted by Crippen LogP contribution is -2.34. The summed E-state index contributed by atoms with van der Waals surface area (Å²) >= 11 is 0. The number of rotatable bonds is 8. The summed E-state index contributed by atoms with van der Waals surface area (Å²) in [6.45, 7) is 2.85. The Kier molecular flexibility index (Phi) is 7.35. The molecule has 170 valence electrons. The second-order valence-corrected chi connectivity index (χ2v) is 7.68. The van der Waals surface area contributed by atoms with Gasteiger partial charge < -0.3 is 15.4 Å². The van der Waals surface area contributed by atoms with E-state index in [4.69, 9.17) is 4.74 Å². The van der Waals surface area contributed by atoms with Gasteiger partial charge in [0.15, 0.2) is 0 Å². The molecule has 0 aliphatic carbocycles. The van der Waals surface area contributed by atoms with E-state index < -0.39 is 0 Å². The predicted octanol–water partition coefficient (Wildman–Crippen LogP) is 5.33. The first-order valence-corrected chi connectivity index (χ1v) is 11.2. The van der Waals surface area contributed by atoms with Crippen molar-refractivity contribution >= 4 is 28.7 Å². The van der Waals surface area contributed by atoms with Gasteiger partial charge in [-0.25, -0.2) is 0 Å². The first kappa shape index (κ1) is 22.8. The molecule has 0 aromatic heterocycles. The summed E-state index contributed by atoms with van der Waals surface area (Å²) < 4.78 is 5.77. The summed E-state index contributed by atoms with van der Waals surface area (Å²) in [7, 11) is 0. The van der Waals surface area contributed by atoms with E-state index in [9.17, 15) is 9.59 Å². The second-order valence-electron chi connectivity index (χ2n) is 7.68. The minimum atomic E-state index is -0.369. The molecule has 5 heteroatoms. The minimum absolute atomic E-state index is 0.166. The molecule has 2 amide bonds. The molecule has 4 aromatic rings. The maximum Gasteiger partial charge on any atom is 0.268 e. The van der Waals surface area contributed by atoms with Crippen molar-refractivity contribution in [3.05, 3.63) is 119 Å². The standard InChI is InChI=1S/C29H26N2O3/c1-2-34-27-18-17-23(24-15-9-10-16-25(24)27)19-26(31-28(32)22-13-7-4-8-14-22)29(33)30-20-21-11-5-3-6-12-21/h3-19H,2,20H2,1H3,(H,30,33)(H,31,32)/b26-19-. The minimum Gasteiger partial charge on any atom is -0.493 e. The van der Waals surface area contributed by atoms with Crippen LogP contribution < -0.4 is 15.4 Å². The third-order valence-corrected chi connectivity index (χ3v) is 5.34. The summed E-state index contributed by atoms with van der Waals surface area (Å²) in [5.41, 5.74) is 2.41. The van der Waals surface area contributed by atoms with E-state index in [0.29, 0.717) is 18.7 Å². The van der Waals surface area contributed by atoms with Crippen LogP contribution in [0.2, 0.25) is 0 Å². The normalized spacial score (nSPS) is 11.1. The van der Waals surface area contributed by atoms with Crippen molar-refractivity contribution in [3.63, 3.8) is 0 Å². The Bertz CT molecular complexity index is 1320. The third kappa shape index (κ3) is 5.51. The van der Waals surface area contributed by atoms with Crippen molar-refractivity contribution in [2.75, 3.05) is 6.61 Å². The molecule has 0 saturated carbocycles. The summed E-state index contributed by atoms with van der Waals surface area (Å²) in [4.78, 5) is 26.0. The molecule has 0 heterocycles. The van der Waals surface area contributed by atoms with Gasteiger partial charge in [-0.05, 0) is 47.7 Å². The maximum atomic E-state index is 13.2. The zero-order valence-electron chi connectivity index (χ0n) is 19.0. The van der Waals surface area contributed by atoms with E-state index in [2.05, 4.69) is 10.6 Å². The molecule has 0 radical (unpaired) electrons. The Labute approximate surface area is 199 Å². The summed E-state index contributed by atoms with van der Waals surface area (Å²) in [6.07, 6.45) is 1.71. The van der Waals surface area contributed by atoms with Gasteiger partial charge in [0.1, 0.15) is 11.4 Å². The summed E-state index contributed by atoms with van der Waals surface area (Å²) in [6, 6.07) is 30.1. The number of hydrogen-bond donors (Lipinski definition) is 2. The monoisotopic (exact) mass is 450 g/mol. The van der Waals surface area contributed by atoms with Crippen LogP contribution in [0.4, 0.5) is 0 Å². The lowest BCUT2D eigenvalue weighted by molar-refractivity contribution is -0.117. The summed E-state index contributed by atoms with van der Waals surface area (Å²) in [5, 5.41) is 7.58. The number of nitrogens with one attached hydrogen (secondary N) is 2. The number of ether oxygens (including phenoxy) is 1. The Balaban J connectivity index is 1.69. The molecule has 34 heavy (non-hydrogen) atoms. The van der Waals surface area contributed by atoms with Crippen LogP contribution in [0.3, 0.4) is 0 Å². The van der Waals surface area contributed by atoms with E-state index >= 15 is 0 Å². The topological polar surface area (TPSA) is 67.4 Å². The molecule has 2 N–H and O–H groups in total. The van der Waals surface area contributed by atoms with Gasteiger partial charge in [-0.3, -0.25) is 9.59 Å². The van der Waals surface area contributed by atoms with E-state index in [0.717, 1.165) is 27.6 Å². The highest BCUT2D eigenvalue weighted by Crippen LogP contribution is 2.29. The molecule has 0 fully saturated rings. The molecule has 5 nitrogen and oxygen atoms in total. The molecule has 0 atom stereocenters. The third-order valence-electron chi connectivity index (χ3n) is 5.34. The van der Waals surface area contributed by atoms with Crippen molar-refractivity contribution in [3.8, 4) is 5.75 Å². The van der Waals surface area contributed by atoms with Gasteiger partial charge in [-0.2, -0.15) is 0 Å². The molecular weight excluding hydrogens is 424 g/mol. The highest BCUT2D eigenvalue weighted by molar-refractivity contribution is 6.07. The van der Waals surface area contributed by atoms with Gasteiger partial charge in [0.25, 0.3) is 11.8 Å². The average Bonchev–Trinajstić information content (AvgIpc) is 2.89. The molecule has 0 aliphatic rings. The Morgan fingerprint density at radius 2 is 1.44 bits per heavy atom. The van der Waals surface area contributed by atoms with Crippen LogP contribution in [0, 0.1) is 0 Å². The maximum absolute atomic E-state index is 13.2.